The molecule has 2 atom stereocenters. The third-order valence-electron chi connectivity index (χ3n) is 4.32. The van der Waals surface area contributed by atoms with Crippen LogP contribution < -0.4 is 5.73 Å². The van der Waals surface area contributed by atoms with Crippen molar-refractivity contribution >= 4 is 0 Å². The first-order valence-electron chi connectivity index (χ1n) is 7.31. The zero-order valence-electron chi connectivity index (χ0n) is 12.0. The lowest BCUT2D eigenvalue weighted by molar-refractivity contribution is 0.323. The monoisotopic (exact) mass is 266 g/mol. The maximum atomic E-state index is 6.35. The molecule has 104 valence electrons. The van der Waals surface area contributed by atoms with Crippen LogP contribution in [0.1, 0.15) is 22.6 Å². The highest BCUT2D eigenvalue weighted by Gasteiger charge is 2.31. The first kappa shape index (κ1) is 13.3. The van der Waals surface area contributed by atoms with E-state index in [1.165, 1.54) is 16.7 Å². The van der Waals surface area contributed by atoms with Crippen LogP contribution in [-0.4, -0.2) is 24.0 Å². The fourth-order valence-corrected chi connectivity index (χ4v) is 3.12. The van der Waals surface area contributed by atoms with E-state index in [0.717, 1.165) is 19.6 Å². The van der Waals surface area contributed by atoms with Crippen LogP contribution in [0.15, 0.2) is 54.6 Å². The number of aryl methyl sites for hydroxylation is 1. The highest BCUT2D eigenvalue weighted by molar-refractivity contribution is 5.27. The average Bonchev–Trinajstić information content (AvgIpc) is 2.83. The second-order valence-electron chi connectivity index (χ2n) is 5.80. The van der Waals surface area contributed by atoms with Crippen molar-refractivity contribution in [3.63, 3.8) is 0 Å². The molecular weight excluding hydrogens is 244 g/mol. The summed E-state index contributed by atoms with van der Waals surface area (Å²) in [5.74, 6) is 0.459. The van der Waals surface area contributed by atoms with E-state index < -0.39 is 0 Å². The molecule has 20 heavy (non-hydrogen) atoms. The Kier molecular flexibility index (Phi) is 3.86. The van der Waals surface area contributed by atoms with Crippen molar-refractivity contribution in [3.8, 4) is 0 Å². The molecule has 0 unspecified atom stereocenters. The Morgan fingerprint density at radius 2 is 1.70 bits per heavy atom. The van der Waals surface area contributed by atoms with Crippen molar-refractivity contribution in [1.29, 1.82) is 0 Å². The van der Waals surface area contributed by atoms with Gasteiger partial charge < -0.3 is 5.73 Å². The van der Waals surface area contributed by atoms with Crippen molar-refractivity contribution < 1.29 is 0 Å². The quantitative estimate of drug-likeness (QED) is 0.925. The van der Waals surface area contributed by atoms with E-state index >= 15 is 0 Å². The maximum Gasteiger partial charge on any atom is 0.0250 e. The van der Waals surface area contributed by atoms with Crippen molar-refractivity contribution in [2.75, 3.05) is 13.1 Å². The molecule has 1 aliphatic heterocycles. The number of rotatable bonds is 3. The fourth-order valence-electron chi connectivity index (χ4n) is 3.12. The summed E-state index contributed by atoms with van der Waals surface area (Å²) in [6, 6.07) is 19.5. The molecule has 0 radical (unpaired) electrons. The maximum absolute atomic E-state index is 6.35. The van der Waals surface area contributed by atoms with Gasteiger partial charge in [0.15, 0.2) is 0 Å². The van der Waals surface area contributed by atoms with E-state index in [0.29, 0.717) is 5.92 Å². The molecule has 1 aliphatic rings. The summed E-state index contributed by atoms with van der Waals surface area (Å²) in [5.41, 5.74) is 10.5. The van der Waals surface area contributed by atoms with Gasteiger partial charge in [-0.25, -0.2) is 0 Å². The van der Waals surface area contributed by atoms with Crippen LogP contribution in [0, 0.1) is 6.92 Å². The smallest absolute Gasteiger partial charge is 0.0250 e. The van der Waals surface area contributed by atoms with Crippen LogP contribution >= 0.6 is 0 Å². The lowest BCUT2D eigenvalue weighted by Crippen LogP contribution is -2.28. The molecule has 0 aromatic heterocycles. The van der Waals surface area contributed by atoms with Gasteiger partial charge in [0.25, 0.3) is 0 Å². The van der Waals surface area contributed by atoms with Gasteiger partial charge >= 0.3 is 0 Å². The minimum Gasteiger partial charge on any atom is -0.326 e. The standard InChI is InChI=1S/C18H22N2/c1-14-7-5-6-10-16(14)11-20-12-17(18(19)13-20)15-8-3-2-4-9-15/h2-10,17-18H,11-13,19H2,1H3/t17-,18+/m0/s1. The Hall–Kier alpha value is -1.64. The Bertz CT molecular complexity index is 565. The van der Waals surface area contributed by atoms with E-state index in [-0.39, 0.29) is 6.04 Å². The normalized spacial score (nSPS) is 23.1. The third-order valence-corrected chi connectivity index (χ3v) is 4.32. The lowest BCUT2D eigenvalue weighted by Gasteiger charge is -2.17. The van der Waals surface area contributed by atoms with Gasteiger partial charge in [-0.15, -0.1) is 0 Å². The van der Waals surface area contributed by atoms with Gasteiger partial charge in [0.1, 0.15) is 0 Å². The van der Waals surface area contributed by atoms with E-state index in [9.17, 15) is 0 Å². The summed E-state index contributed by atoms with van der Waals surface area (Å²) in [6.45, 7) is 5.22. The molecule has 2 nitrogen and oxygen atoms in total. The van der Waals surface area contributed by atoms with Gasteiger partial charge in [-0.3, -0.25) is 4.90 Å². The molecule has 2 aromatic carbocycles. The average molecular weight is 266 g/mol. The zero-order chi connectivity index (χ0) is 13.9. The number of nitrogens with two attached hydrogens (primary N) is 1. The minimum atomic E-state index is 0.237. The molecule has 3 rings (SSSR count). The lowest BCUT2D eigenvalue weighted by atomic mass is 9.95. The van der Waals surface area contributed by atoms with Crippen molar-refractivity contribution in [2.45, 2.75) is 25.4 Å². The molecule has 0 spiro atoms. The zero-order valence-corrected chi connectivity index (χ0v) is 12.0. The van der Waals surface area contributed by atoms with Gasteiger partial charge in [0, 0.05) is 31.6 Å². The summed E-state index contributed by atoms with van der Waals surface area (Å²) < 4.78 is 0. The molecular formula is C18H22N2. The molecule has 2 N–H and O–H groups in total. The van der Waals surface area contributed by atoms with Gasteiger partial charge in [-0.05, 0) is 23.6 Å². The van der Waals surface area contributed by atoms with E-state index in [1.807, 2.05) is 0 Å². The molecule has 1 fully saturated rings. The number of likely N-dealkylation sites (tertiary alicyclic amines) is 1. The van der Waals surface area contributed by atoms with Crippen LogP contribution in [0.3, 0.4) is 0 Å². The molecule has 2 heteroatoms. The number of benzene rings is 2. The van der Waals surface area contributed by atoms with Crippen LogP contribution in [-0.2, 0) is 6.54 Å². The summed E-state index contributed by atoms with van der Waals surface area (Å²) in [5, 5.41) is 0. The van der Waals surface area contributed by atoms with Gasteiger partial charge in [0.2, 0.25) is 0 Å². The predicted molar refractivity (Wildman–Crippen MR) is 83.6 cm³/mol. The number of nitrogens with zero attached hydrogens (tertiary/aromatic N) is 1. The van der Waals surface area contributed by atoms with Gasteiger partial charge in [-0.2, -0.15) is 0 Å². The Morgan fingerprint density at radius 3 is 2.45 bits per heavy atom. The van der Waals surface area contributed by atoms with Crippen molar-refractivity contribution in [2.24, 2.45) is 5.73 Å². The number of hydrogen-bond acceptors (Lipinski definition) is 2. The minimum absolute atomic E-state index is 0.237. The Labute approximate surface area is 121 Å². The van der Waals surface area contributed by atoms with Crippen molar-refractivity contribution in [1.82, 2.24) is 4.90 Å². The van der Waals surface area contributed by atoms with Crippen LogP contribution in [0.2, 0.25) is 0 Å². The first-order valence-corrected chi connectivity index (χ1v) is 7.31. The number of hydrogen-bond donors (Lipinski definition) is 1. The predicted octanol–water partition coefficient (Wildman–Crippen LogP) is 2.92. The van der Waals surface area contributed by atoms with Crippen LogP contribution in [0.4, 0.5) is 0 Å². The summed E-state index contributed by atoms with van der Waals surface area (Å²) in [6.07, 6.45) is 0. The van der Waals surface area contributed by atoms with Gasteiger partial charge in [0.05, 0.1) is 0 Å². The van der Waals surface area contributed by atoms with E-state index in [1.54, 1.807) is 0 Å². The van der Waals surface area contributed by atoms with Gasteiger partial charge in [-0.1, -0.05) is 54.6 Å². The third kappa shape index (κ3) is 2.77. The topological polar surface area (TPSA) is 29.3 Å². The summed E-state index contributed by atoms with van der Waals surface area (Å²) in [4.78, 5) is 2.48. The van der Waals surface area contributed by atoms with E-state index in [2.05, 4.69) is 66.4 Å². The molecule has 1 heterocycles. The van der Waals surface area contributed by atoms with E-state index in [4.69, 9.17) is 5.73 Å². The molecule has 0 saturated carbocycles. The Morgan fingerprint density at radius 1 is 1.00 bits per heavy atom. The second-order valence-corrected chi connectivity index (χ2v) is 5.80. The van der Waals surface area contributed by atoms with Crippen LogP contribution in [0.25, 0.3) is 0 Å². The highest BCUT2D eigenvalue weighted by atomic mass is 15.2. The summed E-state index contributed by atoms with van der Waals surface area (Å²) >= 11 is 0. The second kappa shape index (κ2) is 5.78. The fraction of sp³-hybridized carbons (Fsp3) is 0.333. The SMILES string of the molecule is Cc1ccccc1CN1C[C@@H](N)[C@H](c2ccccc2)C1. The molecule has 0 amide bonds. The Balaban J connectivity index is 1.71. The molecule has 1 saturated heterocycles. The summed E-state index contributed by atoms with van der Waals surface area (Å²) in [7, 11) is 0. The molecule has 0 aliphatic carbocycles. The largest absolute Gasteiger partial charge is 0.326 e. The first-order chi connectivity index (χ1) is 9.74. The van der Waals surface area contributed by atoms with Crippen LogP contribution in [0.5, 0.6) is 0 Å². The van der Waals surface area contributed by atoms with Crippen molar-refractivity contribution in [3.05, 3.63) is 71.3 Å². The molecule has 0 bridgehead atoms. The highest BCUT2D eigenvalue weighted by Crippen LogP contribution is 2.27. The molecule has 2 aromatic rings.